The lowest BCUT2D eigenvalue weighted by molar-refractivity contribution is 0.333. The van der Waals surface area contributed by atoms with Crippen molar-refractivity contribution < 1.29 is 4.52 Å². The van der Waals surface area contributed by atoms with Crippen molar-refractivity contribution in [1.29, 1.82) is 0 Å². The minimum absolute atomic E-state index is 0.208. The van der Waals surface area contributed by atoms with E-state index in [2.05, 4.69) is 30.3 Å². The second-order valence-corrected chi connectivity index (χ2v) is 7.43. The molecule has 2 aliphatic rings. The second kappa shape index (κ2) is 7.27. The van der Waals surface area contributed by atoms with Crippen LogP contribution in [0.15, 0.2) is 29.0 Å². The highest BCUT2D eigenvalue weighted by molar-refractivity contribution is 5.53. The lowest BCUT2D eigenvalue weighted by Gasteiger charge is -2.34. The van der Waals surface area contributed by atoms with Gasteiger partial charge in [-0.15, -0.1) is 0 Å². The number of piperidine rings is 1. The second-order valence-electron chi connectivity index (χ2n) is 7.43. The van der Waals surface area contributed by atoms with E-state index in [-0.39, 0.29) is 5.92 Å². The van der Waals surface area contributed by atoms with Crippen molar-refractivity contribution in [2.75, 3.05) is 24.5 Å². The Bertz CT molecular complexity index is 972. The van der Waals surface area contributed by atoms with E-state index in [1.54, 1.807) is 12.4 Å². The molecule has 1 saturated heterocycles. The van der Waals surface area contributed by atoms with Gasteiger partial charge in [-0.2, -0.15) is 4.98 Å². The summed E-state index contributed by atoms with van der Waals surface area (Å²) in [5, 5.41) is 7.57. The SMILES string of the molecule is Cc1nc2c(c(N3CCC[C@@H](c4nc(-c5cccnc5)no4)C3)n1)CCNC2. The Morgan fingerprint density at radius 2 is 2.21 bits per heavy atom. The third kappa shape index (κ3) is 3.24. The van der Waals surface area contributed by atoms with Gasteiger partial charge in [0.05, 0.1) is 11.6 Å². The molecule has 0 radical (unpaired) electrons. The lowest BCUT2D eigenvalue weighted by atomic mass is 9.96. The van der Waals surface area contributed by atoms with Crippen LogP contribution in [0.5, 0.6) is 0 Å². The van der Waals surface area contributed by atoms with E-state index < -0.39 is 0 Å². The summed E-state index contributed by atoms with van der Waals surface area (Å²) >= 11 is 0. The number of nitrogens with zero attached hydrogens (tertiary/aromatic N) is 6. The summed E-state index contributed by atoms with van der Waals surface area (Å²) in [6.45, 7) is 5.60. The van der Waals surface area contributed by atoms with Crippen LogP contribution in [0.4, 0.5) is 5.82 Å². The van der Waals surface area contributed by atoms with Crippen LogP contribution in [-0.2, 0) is 13.0 Å². The maximum absolute atomic E-state index is 5.62. The first kappa shape index (κ1) is 17.2. The van der Waals surface area contributed by atoms with E-state index in [9.17, 15) is 0 Å². The Balaban J connectivity index is 1.40. The van der Waals surface area contributed by atoms with Gasteiger partial charge >= 0.3 is 0 Å². The van der Waals surface area contributed by atoms with Crippen LogP contribution in [0, 0.1) is 6.92 Å². The zero-order valence-corrected chi connectivity index (χ0v) is 15.9. The van der Waals surface area contributed by atoms with Crippen molar-refractivity contribution in [1.82, 2.24) is 30.4 Å². The first-order valence-corrected chi connectivity index (χ1v) is 9.84. The number of anilines is 1. The van der Waals surface area contributed by atoms with Crippen molar-refractivity contribution in [2.45, 2.75) is 38.6 Å². The zero-order chi connectivity index (χ0) is 18.9. The molecule has 144 valence electrons. The molecule has 5 rings (SSSR count). The van der Waals surface area contributed by atoms with Gasteiger partial charge in [0, 0.05) is 43.2 Å². The summed E-state index contributed by atoms with van der Waals surface area (Å²) in [7, 11) is 0. The van der Waals surface area contributed by atoms with Crippen LogP contribution >= 0.6 is 0 Å². The summed E-state index contributed by atoms with van der Waals surface area (Å²) in [5.74, 6) is 3.42. The van der Waals surface area contributed by atoms with Crippen LogP contribution in [0.3, 0.4) is 0 Å². The number of rotatable bonds is 3. The van der Waals surface area contributed by atoms with Gasteiger partial charge in [0.2, 0.25) is 11.7 Å². The molecular formula is C20H23N7O. The van der Waals surface area contributed by atoms with Gasteiger partial charge < -0.3 is 14.7 Å². The zero-order valence-electron chi connectivity index (χ0n) is 15.9. The third-order valence-corrected chi connectivity index (χ3v) is 5.46. The summed E-state index contributed by atoms with van der Waals surface area (Å²) in [6, 6.07) is 3.82. The molecule has 8 nitrogen and oxygen atoms in total. The van der Waals surface area contributed by atoms with Crippen LogP contribution in [0.1, 0.15) is 41.7 Å². The molecule has 8 heteroatoms. The Labute approximate surface area is 163 Å². The molecule has 28 heavy (non-hydrogen) atoms. The van der Waals surface area contributed by atoms with Gasteiger partial charge in [-0.05, 0) is 44.9 Å². The predicted octanol–water partition coefficient (Wildman–Crippen LogP) is 2.26. The standard InChI is InChI=1S/C20H23N7O/c1-13-23-17-11-22-8-6-16(17)19(24-13)27-9-3-5-15(12-27)20-25-18(26-28-20)14-4-2-7-21-10-14/h2,4,7,10,15,22H,3,5-6,8-9,11-12H2,1H3/t15-/m1/s1. The van der Waals surface area contributed by atoms with E-state index in [0.717, 1.165) is 68.3 Å². The number of fused-ring (bicyclic) bond motifs is 1. The molecule has 1 N–H and O–H groups in total. The minimum Gasteiger partial charge on any atom is -0.355 e. The molecule has 2 aliphatic heterocycles. The molecule has 0 aliphatic carbocycles. The average Bonchev–Trinajstić information content (AvgIpc) is 3.24. The highest BCUT2D eigenvalue weighted by Gasteiger charge is 2.29. The number of hydrogen-bond acceptors (Lipinski definition) is 8. The van der Waals surface area contributed by atoms with E-state index in [0.29, 0.717) is 11.7 Å². The van der Waals surface area contributed by atoms with E-state index >= 15 is 0 Å². The van der Waals surface area contributed by atoms with Gasteiger partial charge in [-0.3, -0.25) is 4.98 Å². The first-order valence-electron chi connectivity index (χ1n) is 9.84. The number of aromatic nitrogens is 5. The highest BCUT2D eigenvalue weighted by atomic mass is 16.5. The average molecular weight is 377 g/mol. The molecular weight excluding hydrogens is 354 g/mol. The fourth-order valence-corrected chi connectivity index (χ4v) is 4.11. The molecule has 3 aromatic rings. The number of pyridine rings is 1. The predicted molar refractivity (Wildman–Crippen MR) is 104 cm³/mol. The van der Waals surface area contributed by atoms with Gasteiger partial charge in [-0.1, -0.05) is 5.16 Å². The molecule has 0 saturated carbocycles. The van der Waals surface area contributed by atoms with Crippen LogP contribution in [0.2, 0.25) is 0 Å². The molecule has 0 aromatic carbocycles. The Morgan fingerprint density at radius 1 is 1.25 bits per heavy atom. The van der Waals surface area contributed by atoms with Crippen molar-refractivity contribution in [3.8, 4) is 11.4 Å². The van der Waals surface area contributed by atoms with Gasteiger partial charge in [-0.25, -0.2) is 9.97 Å². The van der Waals surface area contributed by atoms with Crippen molar-refractivity contribution in [3.05, 3.63) is 47.5 Å². The molecule has 5 heterocycles. The van der Waals surface area contributed by atoms with E-state index in [1.807, 2.05) is 19.1 Å². The maximum atomic E-state index is 5.62. The summed E-state index contributed by atoms with van der Waals surface area (Å²) < 4.78 is 5.62. The highest BCUT2D eigenvalue weighted by Crippen LogP contribution is 2.32. The van der Waals surface area contributed by atoms with Crippen LogP contribution < -0.4 is 10.2 Å². The lowest BCUT2D eigenvalue weighted by Crippen LogP contribution is -2.37. The minimum atomic E-state index is 0.208. The summed E-state index contributed by atoms with van der Waals surface area (Å²) in [6.07, 6.45) is 6.58. The maximum Gasteiger partial charge on any atom is 0.231 e. The van der Waals surface area contributed by atoms with Crippen molar-refractivity contribution >= 4 is 5.82 Å². The van der Waals surface area contributed by atoms with Gasteiger partial charge in [0.1, 0.15) is 11.6 Å². The molecule has 0 spiro atoms. The third-order valence-electron chi connectivity index (χ3n) is 5.46. The fourth-order valence-electron chi connectivity index (χ4n) is 4.11. The first-order chi connectivity index (χ1) is 13.8. The largest absolute Gasteiger partial charge is 0.355 e. The number of hydrogen-bond donors (Lipinski definition) is 1. The van der Waals surface area contributed by atoms with E-state index in [1.165, 1.54) is 5.56 Å². The summed E-state index contributed by atoms with van der Waals surface area (Å²) in [5.41, 5.74) is 3.29. The number of nitrogens with one attached hydrogen (secondary N) is 1. The Kier molecular flexibility index (Phi) is 4.48. The number of aryl methyl sites for hydroxylation is 1. The normalized spacial score (nSPS) is 19.5. The molecule has 0 amide bonds. The van der Waals surface area contributed by atoms with Crippen LogP contribution in [-0.4, -0.2) is 44.7 Å². The van der Waals surface area contributed by atoms with Crippen LogP contribution in [0.25, 0.3) is 11.4 Å². The van der Waals surface area contributed by atoms with E-state index in [4.69, 9.17) is 9.51 Å². The Hall–Kier alpha value is -2.87. The molecule has 1 fully saturated rings. The van der Waals surface area contributed by atoms with Gasteiger partial charge in [0.25, 0.3) is 0 Å². The van der Waals surface area contributed by atoms with Crippen molar-refractivity contribution in [2.24, 2.45) is 0 Å². The Morgan fingerprint density at radius 3 is 3.11 bits per heavy atom. The molecule has 0 bridgehead atoms. The molecule has 3 aromatic heterocycles. The molecule has 0 unspecified atom stereocenters. The van der Waals surface area contributed by atoms with Crippen molar-refractivity contribution in [3.63, 3.8) is 0 Å². The monoisotopic (exact) mass is 377 g/mol. The quantitative estimate of drug-likeness (QED) is 0.743. The topological polar surface area (TPSA) is 92.9 Å². The van der Waals surface area contributed by atoms with Gasteiger partial charge in [0.15, 0.2) is 0 Å². The smallest absolute Gasteiger partial charge is 0.231 e. The molecule has 1 atom stereocenters. The summed E-state index contributed by atoms with van der Waals surface area (Å²) in [4.78, 5) is 20.6. The fraction of sp³-hybridized carbons (Fsp3) is 0.450.